The minimum Gasteiger partial charge on any atom is -0.444 e. The van der Waals surface area contributed by atoms with Crippen LogP contribution in [0, 0.1) is 5.92 Å². The first-order valence-corrected chi connectivity index (χ1v) is 11.0. The van der Waals surface area contributed by atoms with Crippen LogP contribution in [0.3, 0.4) is 0 Å². The van der Waals surface area contributed by atoms with Gasteiger partial charge in [-0.3, -0.25) is 9.79 Å². The van der Waals surface area contributed by atoms with E-state index in [1.807, 2.05) is 39.0 Å². The second-order valence-corrected chi connectivity index (χ2v) is 8.84. The Kier molecular flexibility index (Phi) is 11.8. The average molecular weight is 559 g/mol. The van der Waals surface area contributed by atoms with Gasteiger partial charge in [-0.25, -0.2) is 4.79 Å². The third-order valence-electron chi connectivity index (χ3n) is 5.07. The van der Waals surface area contributed by atoms with Crippen LogP contribution in [0.5, 0.6) is 0 Å². The summed E-state index contributed by atoms with van der Waals surface area (Å²) in [4.78, 5) is 30.2. The van der Waals surface area contributed by atoms with Crippen molar-refractivity contribution in [1.82, 2.24) is 20.9 Å². The van der Waals surface area contributed by atoms with Crippen molar-refractivity contribution in [3.8, 4) is 0 Å². The lowest BCUT2D eigenvalue weighted by atomic mass is 9.98. The van der Waals surface area contributed by atoms with E-state index in [1.54, 1.807) is 25.1 Å². The molecule has 1 aromatic rings. The first kappa shape index (κ1) is 28.0. The zero-order valence-electron chi connectivity index (χ0n) is 19.9. The highest BCUT2D eigenvalue weighted by Crippen LogP contribution is 2.18. The van der Waals surface area contributed by atoms with Crippen LogP contribution < -0.4 is 16.0 Å². The summed E-state index contributed by atoms with van der Waals surface area (Å²) < 4.78 is 5.50. The molecule has 2 amide bonds. The number of nitrogens with one attached hydrogen (secondary N) is 3. The number of hydrogen-bond acceptors (Lipinski definition) is 4. The number of likely N-dealkylation sites (tertiary alicyclic amines) is 1. The number of nitrogens with zero attached hydrogens (tertiary/aromatic N) is 2. The fourth-order valence-electron chi connectivity index (χ4n) is 3.52. The summed E-state index contributed by atoms with van der Waals surface area (Å²) in [5, 5.41) is 9.33. The lowest BCUT2D eigenvalue weighted by molar-refractivity contribution is 0.0168. The summed E-state index contributed by atoms with van der Waals surface area (Å²) in [6.45, 7) is 8.53. The number of carbonyl (C=O) groups excluding carboxylic acids is 2. The van der Waals surface area contributed by atoms with Crippen molar-refractivity contribution in [3.05, 3.63) is 35.4 Å². The highest BCUT2D eigenvalue weighted by atomic mass is 127. The number of amides is 2. The van der Waals surface area contributed by atoms with Gasteiger partial charge in [0.2, 0.25) is 0 Å². The molecule has 9 heteroatoms. The van der Waals surface area contributed by atoms with E-state index in [0.717, 1.165) is 43.9 Å². The van der Waals surface area contributed by atoms with E-state index < -0.39 is 5.60 Å². The Morgan fingerprint density at radius 1 is 1.25 bits per heavy atom. The average Bonchev–Trinajstić information content (AvgIpc) is 2.74. The van der Waals surface area contributed by atoms with Crippen molar-refractivity contribution >= 4 is 41.9 Å². The summed E-state index contributed by atoms with van der Waals surface area (Å²) >= 11 is 0. The number of benzene rings is 1. The molecule has 2 rings (SSSR count). The quantitative estimate of drug-likeness (QED) is 0.283. The van der Waals surface area contributed by atoms with Crippen LogP contribution in [0.2, 0.25) is 0 Å². The van der Waals surface area contributed by atoms with Crippen molar-refractivity contribution < 1.29 is 14.3 Å². The van der Waals surface area contributed by atoms with Gasteiger partial charge >= 0.3 is 6.09 Å². The number of hydrogen-bond donors (Lipinski definition) is 3. The summed E-state index contributed by atoms with van der Waals surface area (Å²) in [7, 11) is 3.38. The highest BCUT2D eigenvalue weighted by molar-refractivity contribution is 14.0. The number of guanidine groups is 1. The maximum atomic E-state index is 12.3. The molecule has 1 aliphatic rings. The van der Waals surface area contributed by atoms with E-state index in [-0.39, 0.29) is 36.0 Å². The van der Waals surface area contributed by atoms with Crippen LogP contribution in [0.4, 0.5) is 4.79 Å². The molecule has 1 unspecified atom stereocenters. The largest absolute Gasteiger partial charge is 0.444 e. The number of piperidine rings is 1. The molecule has 0 bridgehead atoms. The SMILES string of the molecule is CN=C(NCCc1cccc(C(=O)NC)c1)NCC1CCCN(C(=O)OC(C)(C)C)C1.I. The highest BCUT2D eigenvalue weighted by Gasteiger charge is 2.27. The lowest BCUT2D eigenvalue weighted by Crippen LogP contribution is -2.47. The molecule has 1 aliphatic heterocycles. The number of carbonyl (C=O) groups is 2. The fourth-order valence-corrected chi connectivity index (χ4v) is 3.52. The van der Waals surface area contributed by atoms with Crippen molar-refractivity contribution in [2.45, 2.75) is 45.6 Å². The molecular weight excluding hydrogens is 521 g/mol. The van der Waals surface area contributed by atoms with Crippen LogP contribution in [-0.2, 0) is 11.2 Å². The number of rotatable bonds is 6. The zero-order valence-corrected chi connectivity index (χ0v) is 22.2. The Balaban J connectivity index is 0.00000512. The molecule has 8 nitrogen and oxygen atoms in total. The molecule has 1 atom stereocenters. The van der Waals surface area contributed by atoms with Gasteiger partial charge in [0.15, 0.2) is 5.96 Å². The topological polar surface area (TPSA) is 95.1 Å². The fraction of sp³-hybridized carbons (Fsp3) is 0.609. The number of halogens is 1. The van der Waals surface area contributed by atoms with E-state index in [1.165, 1.54) is 0 Å². The minimum absolute atomic E-state index is 0. The Bertz CT molecular complexity index is 779. The molecule has 1 heterocycles. The molecule has 1 fully saturated rings. The second-order valence-electron chi connectivity index (χ2n) is 8.84. The van der Waals surface area contributed by atoms with E-state index in [4.69, 9.17) is 4.74 Å². The van der Waals surface area contributed by atoms with Gasteiger partial charge in [-0.05, 0) is 63.6 Å². The van der Waals surface area contributed by atoms with Crippen molar-refractivity contribution in [2.24, 2.45) is 10.9 Å². The van der Waals surface area contributed by atoms with E-state index >= 15 is 0 Å². The predicted molar refractivity (Wildman–Crippen MR) is 139 cm³/mol. The molecule has 3 N–H and O–H groups in total. The minimum atomic E-state index is -0.478. The van der Waals surface area contributed by atoms with Crippen molar-refractivity contribution in [1.29, 1.82) is 0 Å². The molecule has 0 aromatic heterocycles. The van der Waals surface area contributed by atoms with Crippen LogP contribution >= 0.6 is 24.0 Å². The third kappa shape index (κ3) is 9.62. The van der Waals surface area contributed by atoms with Crippen molar-refractivity contribution in [3.63, 3.8) is 0 Å². The van der Waals surface area contributed by atoms with Gasteiger partial charge < -0.3 is 25.6 Å². The first-order chi connectivity index (χ1) is 14.7. The summed E-state index contributed by atoms with van der Waals surface area (Å²) in [6.07, 6.45) is 2.58. The number of aliphatic imine (C=N–C) groups is 1. The van der Waals surface area contributed by atoms with Gasteiger partial charge in [-0.1, -0.05) is 12.1 Å². The third-order valence-corrected chi connectivity index (χ3v) is 5.07. The predicted octanol–water partition coefficient (Wildman–Crippen LogP) is 3.02. The van der Waals surface area contributed by atoms with E-state index in [0.29, 0.717) is 24.6 Å². The zero-order chi connectivity index (χ0) is 22.9. The van der Waals surface area contributed by atoms with Gasteiger partial charge in [0.1, 0.15) is 5.60 Å². The monoisotopic (exact) mass is 559 g/mol. The molecule has 180 valence electrons. The molecule has 0 saturated carbocycles. The van der Waals surface area contributed by atoms with Gasteiger partial charge in [0.25, 0.3) is 5.91 Å². The Labute approximate surface area is 209 Å². The van der Waals surface area contributed by atoms with Crippen LogP contribution in [0.15, 0.2) is 29.3 Å². The maximum absolute atomic E-state index is 12.3. The molecule has 0 radical (unpaired) electrons. The molecule has 1 aromatic carbocycles. The summed E-state index contributed by atoms with van der Waals surface area (Å²) in [6, 6.07) is 7.62. The molecule has 1 saturated heterocycles. The van der Waals surface area contributed by atoms with Crippen molar-refractivity contribution in [2.75, 3.05) is 40.3 Å². The Hall–Kier alpha value is -2.04. The lowest BCUT2D eigenvalue weighted by Gasteiger charge is -2.34. The molecule has 0 spiro atoms. The standard InChI is InChI=1S/C23H37N5O3.HI/c1-23(2,3)31-22(30)28-13-7-9-18(16-28)15-27-21(25-5)26-12-11-17-8-6-10-19(14-17)20(29)24-4;/h6,8,10,14,18H,7,9,11-13,15-16H2,1-5H3,(H,24,29)(H2,25,26,27);1H. The number of ether oxygens (including phenoxy) is 1. The Morgan fingerprint density at radius 2 is 2.00 bits per heavy atom. The summed E-state index contributed by atoms with van der Waals surface area (Å²) in [5.41, 5.74) is 1.27. The normalized spacial score (nSPS) is 16.6. The smallest absolute Gasteiger partial charge is 0.410 e. The van der Waals surface area contributed by atoms with Gasteiger partial charge in [0.05, 0.1) is 0 Å². The van der Waals surface area contributed by atoms with Gasteiger partial charge in [-0.15, -0.1) is 24.0 Å². The Morgan fingerprint density at radius 3 is 2.66 bits per heavy atom. The van der Waals surface area contributed by atoms with E-state index in [2.05, 4.69) is 20.9 Å². The first-order valence-electron chi connectivity index (χ1n) is 11.0. The maximum Gasteiger partial charge on any atom is 0.410 e. The van der Waals surface area contributed by atoms with Gasteiger partial charge in [-0.2, -0.15) is 0 Å². The summed E-state index contributed by atoms with van der Waals surface area (Å²) in [5.74, 6) is 1.00. The van der Waals surface area contributed by atoms with E-state index in [9.17, 15) is 9.59 Å². The van der Waals surface area contributed by atoms with Gasteiger partial charge in [0, 0.05) is 45.8 Å². The molecule has 0 aliphatic carbocycles. The second kappa shape index (κ2) is 13.5. The van der Waals surface area contributed by atoms with Crippen LogP contribution in [0.1, 0.15) is 49.5 Å². The molecular formula is C23H38IN5O3. The van der Waals surface area contributed by atoms with Crippen LogP contribution in [0.25, 0.3) is 0 Å². The van der Waals surface area contributed by atoms with Crippen LogP contribution in [-0.4, -0.2) is 68.7 Å². The molecule has 32 heavy (non-hydrogen) atoms.